The largest absolute Gasteiger partial charge is 0.490 e. The van der Waals surface area contributed by atoms with Gasteiger partial charge in [0.25, 0.3) is 5.91 Å². The molecule has 0 aromatic heterocycles. The summed E-state index contributed by atoms with van der Waals surface area (Å²) in [7, 11) is 0. The number of hydrogen-bond acceptors (Lipinski definition) is 5. The number of hydrazone groups is 1. The van der Waals surface area contributed by atoms with Crippen molar-refractivity contribution in [2.24, 2.45) is 5.10 Å². The van der Waals surface area contributed by atoms with Crippen LogP contribution in [0.15, 0.2) is 71.8 Å². The average Bonchev–Trinajstić information content (AvgIpc) is 2.79. The Morgan fingerprint density at radius 1 is 0.969 bits per heavy atom. The summed E-state index contributed by atoms with van der Waals surface area (Å²) in [5.74, 6) is 1.54. The van der Waals surface area contributed by atoms with Crippen molar-refractivity contribution in [3.63, 3.8) is 0 Å². The highest BCUT2D eigenvalue weighted by molar-refractivity contribution is 6.30. The SMILES string of the molecule is CCOc1cc(/C=N/NC(=O)COc2ccccc2C)ccc1OCc1ccc(Cl)cc1. The van der Waals surface area contributed by atoms with E-state index in [1.54, 1.807) is 6.07 Å². The second kappa shape index (κ2) is 11.8. The van der Waals surface area contributed by atoms with Gasteiger partial charge in [-0.1, -0.05) is 41.9 Å². The molecule has 0 spiro atoms. The number of carbonyl (C=O) groups excluding carboxylic acids is 1. The van der Waals surface area contributed by atoms with Crippen LogP contribution in [-0.2, 0) is 11.4 Å². The fraction of sp³-hybridized carbons (Fsp3) is 0.200. The molecule has 1 amide bonds. The first-order chi connectivity index (χ1) is 15.5. The van der Waals surface area contributed by atoms with Gasteiger partial charge in [0.1, 0.15) is 12.4 Å². The second-order valence-electron chi connectivity index (χ2n) is 6.90. The molecule has 0 aliphatic rings. The smallest absolute Gasteiger partial charge is 0.277 e. The van der Waals surface area contributed by atoms with Gasteiger partial charge < -0.3 is 14.2 Å². The molecule has 0 saturated heterocycles. The molecule has 0 aliphatic heterocycles. The lowest BCUT2D eigenvalue weighted by Gasteiger charge is -2.12. The number of para-hydroxylation sites is 1. The highest BCUT2D eigenvalue weighted by atomic mass is 35.5. The monoisotopic (exact) mass is 452 g/mol. The first kappa shape index (κ1) is 23.2. The molecular weight excluding hydrogens is 428 g/mol. The molecule has 166 valence electrons. The van der Waals surface area contributed by atoms with Crippen molar-refractivity contribution in [3.8, 4) is 17.2 Å². The van der Waals surface area contributed by atoms with Crippen LogP contribution < -0.4 is 19.6 Å². The highest BCUT2D eigenvalue weighted by Crippen LogP contribution is 2.29. The van der Waals surface area contributed by atoms with E-state index in [1.165, 1.54) is 6.21 Å². The number of aryl methyl sites for hydroxylation is 1. The summed E-state index contributed by atoms with van der Waals surface area (Å²) in [6.07, 6.45) is 1.54. The number of amides is 1. The molecule has 0 aliphatic carbocycles. The van der Waals surface area contributed by atoms with E-state index >= 15 is 0 Å². The molecular formula is C25H25ClN2O4. The van der Waals surface area contributed by atoms with Crippen LogP contribution in [0.25, 0.3) is 0 Å². The van der Waals surface area contributed by atoms with E-state index in [1.807, 2.05) is 74.5 Å². The number of rotatable bonds is 10. The lowest BCUT2D eigenvalue weighted by molar-refractivity contribution is -0.123. The third-order valence-corrected chi connectivity index (χ3v) is 4.68. The predicted octanol–water partition coefficient (Wildman–Crippen LogP) is 5.16. The van der Waals surface area contributed by atoms with Crippen LogP contribution in [0.1, 0.15) is 23.6 Å². The summed E-state index contributed by atoms with van der Waals surface area (Å²) in [5.41, 5.74) is 5.18. The number of halogens is 1. The molecule has 0 saturated carbocycles. The Hall–Kier alpha value is -3.51. The molecule has 0 unspecified atom stereocenters. The third-order valence-electron chi connectivity index (χ3n) is 4.43. The molecule has 7 heteroatoms. The molecule has 0 bridgehead atoms. The topological polar surface area (TPSA) is 69.2 Å². The Labute approximate surface area is 192 Å². The van der Waals surface area contributed by atoms with Gasteiger partial charge in [0.2, 0.25) is 0 Å². The van der Waals surface area contributed by atoms with E-state index in [4.69, 9.17) is 25.8 Å². The van der Waals surface area contributed by atoms with E-state index in [2.05, 4.69) is 10.5 Å². The van der Waals surface area contributed by atoms with Gasteiger partial charge in [-0.3, -0.25) is 4.79 Å². The normalized spacial score (nSPS) is 10.7. The zero-order chi connectivity index (χ0) is 22.8. The molecule has 0 fully saturated rings. The molecule has 0 radical (unpaired) electrons. The van der Waals surface area contributed by atoms with Gasteiger partial charge in [-0.15, -0.1) is 0 Å². The molecule has 6 nitrogen and oxygen atoms in total. The fourth-order valence-corrected chi connectivity index (χ4v) is 2.93. The number of benzene rings is 3. The summed E-state index contributed by atoms with van der Waals surface area (Å²) in [6.45, 7) is 4.58. The average molecular weight is 453 g/mol. The maximum absolute atomic E-state index is 12.0. The molecule has 32 heavy (non-hydrogen) atoms. The highest BCUT2D eigenvalue weighted by Gasteiger charge is 2.07. The van der Waals surface area contributed by atoms with Gasteiger partial charge in [-0.2, -0.15) is 5.10 Å². The minimum absolute atomic E-state index is 0.121. The summed E-state index contributed by atoms with van der Waals surface area (Å²) in [6, 6.07) is 20.4. The second-order valence-corrected chi connectivity index (χ2v) is 7.34. The Bertz CT molecular complexity index is 1070. The van der Waals surface area contributed by atoms with Crippen LogP contribution in [0.3, 0.4) is 0 Å². The number of ether oxygens (including phenoxy) is 3. The third kappa shape index (κ3) is 7.03. The summed E-state index contributed by atoms with van der Waals surface area (Å²) >= 11 is 5.92. The van der Waals surface area contributed by atoms with Gasteiger partial charge >= 0.3 is 0 Å². The predicted molar refractivity (Wildman–Crippen MR) is 126 cm³/mol. The molecule has 0 heterocycles. The van der Waals surface area contributed by atoms with Crippen LogP contribution in [-0.4, -0.2) is 25.3 Å². The van der Waals surface area contributed by atoms with Crippen molar-refractivity contribution in [2.75, 3.05) is 13.2 Å². The van der Waals surface area contributed by atoms with Crippen molar-refractivity contribution >= 4 is 23.7 Å². The zero-order valence-electron chi connectivity index (χ0n) is 18.0. The van der Waals surface area contributed by atoms with E-state index in [0.717, 1.165) is 16.7 Å². The molecule has 3 aromatic rings. The number of carbonyl (C=O) groups is 1. The van der Waals surface area contributed by atoms with Gasteiger partial charge in [-0.25, -0.2) is 5.43 Å². The van der Waals surface area contributed by atoms with Crippen LogP contribution in [0.5, 0.6) is 17.2 Å². The van der Waals surface area contributed by atoms with Crippen molar-refractivity contribution in [3.05, 3.63) is 88.4 Å². The standard InChI is InChI=1S/C25H25ClN2O4/c1-3-30-24-14-20(10-13-23(24)31-16-19-8-11-21(26)12-9-19)15-27-28-25(29)17-32-22-7-5-4-6-18(22)2/h4-15H,3,16-17H2,1-2H3,(H,28,29)/b27-15+. The summed E-state index contributed by atoms with van der Waals surface area (Å²) in [4.78, 5) is 12.0. The van der Waals surface area contributed by atoms with Gasteiger partial charge in [0, 0.05) is 5.02 Å². The van der Waals surface area contributed by atoms with Crippen molar-refractivity contribution < 1.29 is 19.0 Å². The Kier molecular flexibility index (Phi) is 8.52. The molecule has 3 aromatic carbocycles. The van der Waals surface area contributed by atoms with E-state index in [-0.39, 0.29) is 12.5 Å². The number of nitrogens with one attached hydrogen (secondary N) is 1. The van der Waals surface area contributed by atoms with Crippen molar-refractivity contribution in [2.45, 2.75) is 20.5 Å². The minimum Gasteiger partial charge on any atom is -0.490 e. The van der Waals surface area contributed by atoms with Crippen LogP contribution in [0.4, 0.5) is 0 Å². The lowest BCUT2D eigenvalue weighted by Crippen LogP contribution is -2.24. The zero-order valence-corrected chi connectivity index (χ0v) is 18.8. The Balaban J connectivity index is 1.55. The Morgan fingerprint density at radius 3 is 2.50 bits per heavy atom. The van der Waals surface area contributed by atoms with Gasteiger partial charge in [0.15, 0.2) is 18.1 Å². The Morgan fingerprint density at radius 2 is 1.75 bits per heavy atom. The fourth-order valence-electron chi connectivity index (χ4n) is 2.81. The maximum atomic E-state index is 12.0. The minimum atomic E-state index is -0.350. The van der Waals surface area contributed by atoms with E-state index in [9.17, 15) is 4.79 Å². The number of hydrogen-bond donors (Lipinski definition) is 1. The summed E-state index contributed by atoms with van der Waals surface area (Å²) < 4.78 is 17.1. The first-order valence-corrected chi connectivity index (χ1v) is 10.6. The van der Waals surface area contributed by atoms with Gasteiger partial charge in [0.05, 0.1) is 12.8 Å². The first-order valence-electron chi connectivity index (χ1n) is 10.2. The molecule has 1 N–H and O–H groups in total. The van der Waals surface area contributed by atoms with E-state index in [0.29, 0.717) is 35.5 Å². The van der Waals surface area contributed by atoms with Crippen molar-refractivity contribution in [1.29, 1.82) is 0 Å². The maximum Gasteiger partial charge on any atom is 0.277 e. The number of nitrogens with zero attached hydrogens (tertiary/aromatic N) is 1. The molecule has 0 atom stereocenters. The molecule has 3 rings (SSSR count). The van der Waals surface area contributed by atoms with Crippen LogP contribution >= 0.6 is 11.6 Å². The quantitative estimate of drug-likeness (QED) is 0.341. The van der Waals surface area contributed by atoms with Crippen LogP contribution in [0.2, 0.25) is 5.02 Å². The lowest BCUT2D eigenvalue weighted by atomic mass is 10.2. The van der Waals surface area contributed by atoms with Crippen molar-refractivity contribution in [1.82, 2.24) is 5.43 Å². The summed E-state index contributed by atoms with van der Waals surface area (Å²) in [5, 5.41) is 4.68. The van der Waals surface area contributed by atoms with E-state index < -0.39 is 0 Å². The van der Waals surface area contributed by atoms with Crippen LogP contribution in [0, 0.1) is 6.92 Å². The van der Waals surface area contributed by atoms with Gasteiger partial charge in [-0.05, 0) is 66.9 Å².